The Bertz CT molecular complexity index is 833. The predicted molar refractivity (Wildman–Crippen MR) is 95.4 cm³/mol. The highest BCUT2D eigenvalue weighted by molar-refractivity contribution is 6.32. The number of ether oxygens (including phenoxy) is 3. The summed E-state index contributed by atoms with van der Waals surface area (Å²) >= 11 is 6.31. The van der Waals surface area contributed by atoms with Crippen LogP contribution in [0.3, 0.4) is 0 Å². The van der Waals surface area contributed by atoms with Gasteiger partial charge in [0.25, 0.3) is 0 Å². The van der Waals surface area contributed by atoms with Crippen molar-refractivity contribution in [3.8, 4) is 28.6 Å². The maximum absolute atomic E-state index is 6.31. The van der Waals surface area contributed by atoms with Gasteiger partial charge in [-0.2, -0.15) is 0 Å². The lowest BCUT2D eigenvalue weighted by Gasteiger charge is -2.11. The van der Waals surface area contributed by atoms with Crippen molar-refractivity contribution in [1.82, 2.24) is 9.97 Å². The Morgan fingerprint density at radius 1 is 1.00 bits per heavy atom. The van der Waals surface area contributed by atoms with Crippen LogP contribution in [0.1, 0.15) is 13.8 Å². The predicted octanol–water partition coefficient (Wildman–Crippen LogP) is 4.69. The van der Waals surface area contributed by atoms with Crippen LogP contribution in [0.15, 0.2) is 30.3 Å². The summed E-state index contributed by atoms with van der Waals surface area (Å²) in [6.45, 7) is 3.93. The number of methoxy groups -OCH3 is 2. The minimum atomic E-state index is 0.0690. The molecule has 2 aromatic carbocycles. The Kier molecular flexibility index (Phi) is 4.53. The van der Waals surface area contributed by atoms with Crippen molar-refractivity contribution in [2.45, 2.75) is 20.0 Å². The van der Waals surface area contributed by atoms with Gasteiger partial charge < -0.3 is 19.2 Å². The van der Waals surface area contributed by atoms with Gasteiger partial charge in [-0.1, -0.05) is 11.6 Å². The van der Waals surface area contributed by atoms with Crippen LogP contribution in [-0.2, 0) is 0 Å². The van der Waals surface area contributed by atoms with Crippen molar-refractivity contribution >= 4 is 22.6 Å². The number of rotatable bonds is 5. The fraction of sp³-hybridized carbons (Fsp3) is 0.278. The quantitative estimate of drug-likeness (QED) is 0.728. The molecule has 126 valence electrons. The molecule has 1 N–H and O–H groups in total. The van der Waals surface area contributed by atoms with E-state index in [-0.39, 0.29) is 6.10 Å². The van der Waals surface area contributed by atoms with Crippen LogP contribution in [0.25, 0.3) is 22.4 Å². The Morgan fingerprint density at radius 3 is 2.33 bits per heavy atom. The van der Waals surface area contributed by atoms with E-state index in [0.717, 1.165) is 22.4 Å². The summed E-state index contributed by atoms with van der Waals surface area (Å²) in [6, 6.07) is 9.32. The summed E-state index contributed by atoms with van der Waals surface area (Å²) in [5.41, 5.74) is 2.53. The number of benzene rings is 2. The van der Waals surface area contributed by atoms with Crippen molar-refractivity contribution in [1.29, 1.82) is 0 Å². The van der Waals surface area contributed by atoms with Gasteiger partial charge in [-0.15, -0.1) is 0 Å². The van der Waals surface area contributed by atoms with Crippen LogP contribution in [0.4, 0.5) is 0 Å². The van der Waals surface area contributed by atoms with Gasteiger partial charge in [0.15, 0.2) is 11.5 Å². The molecule has 0 unspecified atom stereocenters. The van der Waals surface area contributed by atoms with Gasteiger partial charge in [0.2, 0.25) is 0 Å². The Morgan fingerprint density at radius 2 is 1.71 bits per heavy atom. The maximum atomic E-state index is 6.31. The first-order valence-corrected chi connectivity index (χ1v) is 7.98. The van der Waals surface area contributed by atoms with Crippen LogP contribution in [0.2, 0.25) is 5.02 Å². The lowest BCUT2D eigenvalue weighted by atomic mass is 10.2. The lowest BCUT2D eigenvalue weighted by Crippen LogP contribution is -2.05. The second-order valence-corrected chi connectivity index (χ2v) is 6.03. The van der Waals surface area contributed by atoms with Crippen molar-refractivity contribution in [3.05, 3.63) is 35.4 Å². The molecule has 0 aliphatic rings. The maximum Gasteiger partial charge on any atom is 0.163 e. The van der Waals surface area contributed by atoms with Gasteiger partial charge in [0.1, 0.15) is 11.6 Å². The number of hydrogen-bond donors (Lipinski definition) is 1. The van der Waals surface area contributed by atoms with E-state index in [9.17, 15) is 0 Å². The molecule has 1 aromatic heterocycles. The molecule has 0 atom stereocenters. The van der Waals surface area contributed by atoms with E-state index in [1.807, 2.05) is 44.2 Å². The molecule has 6 heteroatoms. The van der Waals surface area contributed by atoms with Gasteiger partial charge in [0, 0.05) is 17.7 Å². The van der Waals surface area contributed by atoms with E-state index in [1.54, 1.807) is 14.2 Å². The smallest absolute Gasteiger partial charge is 0.163 e. The zero-order chi connectivity index (χ0) is 17.3. The molecule has 3 rings (SSSR count). The summed E-state index contributed by atoms with van der Waals surface area (Å²) < 4.78 is 16.3. The molecule has 0 spiro atoms. The number of nitrogens with one attached hydrogen (secondary N) is 1. The summed E-state index contributed by atoms with van der Waals surface area (Å²) in [6.07, 6.45) is 0.0690. The number of aromatic nitrogens is 2. The third-order valence-corrected chi connectivity index (χ3v) is 3.85. The van der Waals surface area contributed by atoms with E-state index in [4.69, 9.17) is 25.8 Å². The van der Waals surface area contributed by atoms with Gasteiger partial charge >= 0.3 is 0 Å². The minimum Gasteiger partial charge on any atom is -0.493 e. The van der Waals surface area contributed by atoms with Crippen molar-refractivity contribution in [3.63, 3.8) is 0 Å². The van der Waals surface area contributed by atoms with Crippen molar-refractivity contribution in [2.75, 3.05) is 14.2 Å². The summed E-state index contributed by atoms with van der Waals surface area (Å²) in [4.78, 5) is 7.89. The number of halogens is 1. The molecular formula is C18H19ClN2O3. The van der Waals surface area contributed by atoms with Gasteiger partial charge in [-0.25, -0.2) is 4.98 Å². The number of H-pyrrole nitrogens is 1. The topological polar surface area (TPSA) is 56.4 Å². The zero-order valence-corrected chi connectivity index (χ0v) is 14.8. The molecular weight excluding hydrogens is 328 g/mol. The average molecular weight is 347 g/mol. The molecule has 24 heavy (non-hydrogen) atoms. The fourth-order valence-corrected chi connectivity index (χ4v) is 2.70. The van der Waals surface area contributed by atoms with E-state index in [0.29, 0.717) is 22.3 Å². The largest absolute Gasteiger partial charge is 0.493 e. The summed E-state index contributed by atoms with van der Waals surface area (Å²) in [5, 5.41) is 0.553. The molecule has 0 amide bonds. The Balaban J connectivity index is 2.01. The summed E-state index contributed by atoms with van der Waals surface area (Å²) in [5.74, 6) is 2.67. The van der Waals surface area contributed by atoms with E-state index < -0.39 is 0 Å². The minimum absolute atomic E-state index is 0.0690. The molecule has 0 aliphatic carbocycles. The van der Waals surface area contributed by atoms with Crippen LogP contribution in [0.5, 0.6) is 17.2 Å². The monoisotopic (exact) mass is 346 g/mol. The SMILES string of the molecule is COc1cc2nc(-c3ccc(OC(C)C)c(Cl)c3)[nH]c2cc1OC. The Labute approximate surface area is 145 Å². The normalized spacial score (nSPS) is 11.1. The van der Waals surface area contributed by atoms with Crippen LogP contribution in [-0.4, -0.2) is 30.3 Å². The highest BCUT2D eigenvalue weighted by Gasteiger charge is 2.12. The Hall–Kier alpha value is -2.40. The number of fused-ring (bicyclic) bond motifs is 1. The van der Waals surface area contributed by atoms with E-state index >= 15 is 0 Å². The third kappa shape index (κ3) is 3.12. The first-order chi connectivity index (χ1) is 11.5. The fourth-order valence-electron chi connectivity index (χ4n) is 2.47. The van der Waals surface area contributed by atoms with Gasteiger partial charge in [-0.05, 0) is 32.0 Å². The van der Waals surface area contributed by atoms with E-state index in [1.165, 1.54) is 0 Å². The first-order valence-electron chi connectivity index (χ1n) is 7.60. The zero-order valence-electron chi connectivity index (χ0n) is 14.0. The summed E-state index contributed by atoms with van der Waals surface area (Å²) in [7, 11) is 3.21. The molecule has 0 radical (unpaired) electrons. The molecule has 0 fully saturated rings. The number of hydrogen-bond acceptors (Lipinski definition) is 4. The molecule has 0 saturated carbocycles. The standard InChI is InChI=1S/C18H19ClN2O3/c1-10(2)24-15-6-5-11(7-12(15)19)18-20-13-8-16(22-3)17(23-4)9-14(13)21-18/h5-10H,1-4H3,(H,20,21). The van der Waals surface area contributed by atoms with Gasteiger partial charge in [0.05, 0.1) is 36.4 Å². The highest BCUT2D eigenvalue weighted by atomic mass is 35.5. The molecule has 3 aromatic rings. The highest BCUT2D eigenvalue weighted by Crippen LogP contribution is 2.34. The molecule has 0 aliphatic heterocycles. The molecule has 0 saturated heterocycles. The number of aromatic amines is 1. The number of nitrogens with zero attached hydrogens (tertiary/aromatic N) is 1. The van der Waals surface area contributed by atoms with Crippen LogP contribution >= 0.6 is 11.6 Å². The van der Waals surface area contributed by atoms with Gasteiger partial charge in [-0.3, -0.25) is 0 Å². The molecule has 5 nitrogen and oxygen atoms in total. The van der Waals surface area contributed by atoms with E-state index in [2.05, 4.69) is 9.97 Å². The van der Waals surface area contributed by atoms with Crippen LogP contribution < -0.4 is 14.2 Å². The second kappa shape index (κ2) is 6.61. The third-order valence-electron chi connectivity index (χ3n) is 3.56. The molecule has 0 bridgehead atoms. The first kappa shape index (κ1) is 16.5. The van der Waals surface area contributed by atoms with Crippen molar-refractivity contribution in [2.24, 2.45) is 0 Å². The van der Waals surface area contributed by atoms with Crippen LogP contribution in [0, 0.1) is 0 Å². The average Bonchev–Trinajstić information content (AvgIpc) is 2.97. The number of imidazole rings is 1. The second-order valence-electron chi connectivity index (χ2n) is 5.62. The van der Waals surface area contributed by atoms with Crippen molar-refractivity contribution < 1.29 is 14.2 Å². The molecule has 1 heterocycles. The lowest BCUT2D eigenvalue weighted by molar-refractivity contribution is 0.242.